The van der Waals surface area contributed by atoms with Crippen LogP contribution in [0, 0.1) is 0 Å². The molecule has 1 unspecified atom stereocenters. The monoisotopic (exact) mass is 314 g/mol. The minimum atomic E-state index is -3.19. The Labute approximate surface area is 125 Å². The average Bonchev–Trinajstić information content (AvgIpc) is 2.80. The maximum atomic E-state index is 11.7. The van der Waals surface area contributed by atoms with Crippen molar-refractivity contribution >= 4 is 10.0 Å². The second-order valence-electron chi connectivity index (χ2n) is 5.77. The summed E-state index contributed by atoms with van der Waals surface area (Å²) < 4.78 is 32.8. The molecule has 1 aromatic rings. The van der Waals surface area contributed by atoms with Crippen molar-refractivity contribution in [1.82, 2.24) is 19.1 Å². The number of nitrogens with zero attached hydrogens (tertiary/aromatic N) is 4. The molecule has 21 heavy (non-hydrogen) atoms. The van der Waals surface area contributed by atoms with Crippen molar-refractivity contribution in [2.45, 2.75) is 44.8 Å². The molecule has 1 atom stereocenters. The fourth-order valence-corrected chi connectivity index (χ4v) is 3.82. The topological polar surface area (TPSA) is 77.3 Å². The molecule has 0 saturated carbocycles. The normalized spacial score (nSPS) is 25.1. The summed E-state index contributed by atoms with van der Waals surface area (Å²) in [5.74, 6) is 1.78. The highest BCUT2D eigenvalue weighted by Crippen LogP contribution is 2.25. The Morgan fingerprint density at radius 2 is 1.95 bits per heavy atom. The number of hydrogen-bond acceptors (Lipinski definition) is 5. The first-order valence-corrected chi connectivity index (χ1v) is 9.39. The van der Waals surface area contributed by atoms with Gasteiger partial charge in [-0.2, -0.15) is 4.31 Å². The van der Waals surface area contributed by atoms with E-state index in [9.17, 15) is 8.42 Å². The predicted octanol–water partition coefficient (Wildman–Crippen LogP) is 0.727. The van der Waals surface area contributed by atoms with E-state index in [-0.39, 0.29) is 6.10 Å². The quantitative estimate of drug-likeness (QED) is 0.804. The lowest BCUT2D eigenvalue weighted by Gasteiger charge is -2.31. The van der Waals surface area contributed by atoms with E-state index in [0.29, 0.717) is 19.7 Å². The third kappa shape index (κ3) is 3.27. The van der Waals surface area contributed by atoms with E-state index < -0.39 is 10.0 Å². The van der Waals surface area contributed by atoms with Crippen molar-refractivity contribution < 1.29 is 13.2 Å². The molecule has 3 heterocycles. The summed E-state index contributed by atoms with van der Waals surface area (Å²) in [6.45, 7) is 2.05. The van der Waals surface area contributed by atoms with E-state index in [0.717, 1.165) is 37.5 Å². The highest BCUT2D eigenvalue weighted by molar-refractivity contribution is 7.88. The summed E-state index contributed by atoms with van der Waals surface area (Å²) in [5, 5.41) is 8.57. The van der Waals surface area contributed by atoms with Crippen LogP contribution in [0.3, 0.4) is 0 Å². The lowest BCUT2D eigenvalue weighted by Crippen LogP contribution is -2.42. The summed E-state index contributed by atoms with van der Waals surface area (Å²) >= 11 is 0. The molecule has 0 aromatic carbocycles. The van der Waals surface area contributed by atoms with E-state index in [2.05, 4.69) is 14.8 Å². The summed E-state index contributed by atoms with van der Waals surface area (Å²) in [6.07, 6.45) is 6.58. The van der Waals surface area contributed by atoms with Gasteiger partial charge in [0.15, 0.2) is 5.82 Å². The zero-order valence-electron chi connectivity index (χ0n) is 12.4. The van der Waals surface area contributed by atoms with Gasteiger partial charge in [0, 0.05) is 26.1 Å². The first-order chi connectivity index (χ1) is 10.1. The second kappa shape index (κ2) is 6.02. The Hall–Kier alpha value is -0.990. The van der Waals surface area contributed by atoms with Gasteiger partial charge in [0.2, 0.25) is 10.0 Å². The minimum Gasteiger partial charge on any atom is -0.367 e. The fourth-order valence-electron chi connectivity index (χ4n) is 3.01. The van der Waals surface area contributed by atoms with Gasteiger partial charge in [-0.1, -0.05) is 12.8 Å². The van der Waals surface area contributed by atoms with E-state index >= 15 is 0 Å². The van der Waals surface area contributed by atoms with Crippen molar-refractivity contribution in [2.24, 2.45) is 0 Å². The molecule has 0 spiro atoms. The Kier molecular flexibility index (Phi) is 4.28. The third-order valence-electron chi connectivity index (χ3n) is 4.17. The molecule has 1 aromatic heterocycles. The average molecular weight is 314 g/mol. The predicted molar refractivity (Wildman–Crippen MR) is 77.3 cm³/mol. The number of ether oxygens (including phenoxy) is 1. The summed E-state index contributed by atoms with van der Waals surface area (Å²) in [6, 6.07) is 0. The molecule has 0 bridgehead atoms. The molecule has 3 rings (SSSR count). The van der Waals surface area contributed by atoms with Gasteiger partial charge in [-0.25, -0.2) is 8.42 Å². The van der Waals surface area contributed by atoms with Gasteiger partial charge in [-0.05, 0) is 12.8 Å². The number of rotatable bonds is 2. The summed E-state index contributed by atoms with van der Waals surface area (Å²) in [7, 11) is -3.19. The molecule has 7 nitrogen and oxygen atoms in total. The Bertz CT molecular complexity index is 599. The van der Waals surface area contributed by atoms with Crippen LogP contribution in [0.5, 0.6) is 0 Å². The Morgan fingerprint density at radius 1 is 1.14 bits per heavy atom. The van der Waals surface area contributed by atoms with E-state index in [1.54, 1.807) is 0 Å². The molecule has 0 amide bonds. The van der Waals surface area contributed by atoms with Crippen LogP contribution in [0.25, 0.3) is 0 Å². The van der Waals surface area contributed by atoms with Crippen LogP contribution in [0.1, 0.15) is 43.4 Å². The van der Waals surface area contributed by atoms with Crippen LogP contribution in [0.15, 0.2) is 0 Å². The number of fused-ring (bicyclic) bond motifs is 1. The molecule has 2 aliphatic heterocycles. The largest absolute Gasteiger partial charge is 0.367 e. The van der Waals surface area contributed by atoms with Crippen molar-refractivity contribution in [1.29, 1.82) is 0 Å². The molecule has 0 radical (unpaired) electrons. The lowest BCUT2D eigenvalue weighted by molar-refractivity contribution is -0.00957. The van der Waals surface area contributed by atoms with Crippen molar-refractivity contribution in [3.8, 4) is 0 Å². The first-order valence-electron chi connectivity index (χ1n) is 7.54. The van der Waals surface area contributed by atoms with Crippen LogP contribution >= 0.6 is 0 Å². The highest BCUT2D eigenvalue weighted by atomic mass is 32.2. The van der Waals surface area contributed by atoms with Gasteiger partial charge in [0.25, 0.3) is 0 Å². The van der Waals surface area contributed by atoms with Crippen LogP contribution < -0.4 is 0 Å². The first kappa shape index (κ1) is 14.9. The number of aryl methyl sites for hydroxylation is 1. The third-order valence-corrected chi connectivity index (χ3v) is 5.44. The van der Waals surface area contributed by atoms with Gasteiger partial charge in [0.1, 0.15) is 11.9 Å². The second-order valence-corrected chi connectivity index (χ2v) is 7.75. The zero-order chi connectivity index (χ0) is 14.9. The van der Waals surface area contributed by atoms with Gasteiger partial charge < -0.3 is 9.30 Å². The molecule has 1 fully saturated rings. The van der Waals surface area contributed by atoms with E-state index in [1.165, 1.54) is 23.4 Å². The summed E-state index contributed by atoms with van der Waals surface area (Å²) in [5.41, 5.74) is 0. The van der Waals surface area contributed by atoms with E-state index in [4.69, 9.17) is 4.74 Å². The maximum Gasteiger partial charge on any atom is 0.211 e. The lowest BCUT2D eigenvalue weighted by atomic mass is 10.1. The maximum absolute atomic E-state index is 11.7. The van der Waals surface area contributed by atoms with E-state index in [1.807, 2.05) is 0 Å². The number of morpholine rings is 1. The van der Waals surface area contributed by atoms with Crippen LogP contribution in [0.4, 0.5) is 0 Å². The number of aromatic nitrogens is 3. The molecular weight excluding hydrogens is 292 g/mol. The smallest absolute Gasteiger partial charge is 0.211 e. The zero-order valence-corrected chi connectivity index (χ0v) is 13.2. The Morgan fingerprint density at radius 3 is 2.76 bits per heavy atom. The SMILES string of the molecule is CS(=O)(=O)N1CCOC(c2nnc3n2CCCCCC3)C1. The van der Waals surface area contributed by atoms with Gasteiger partial charge in [-0.3, -0.25) is 0 Å². The van der Waals surface area contributed by atoms with Crippen LogP contribution in [0.2, 0.25) is 0 Å². The summed E-state index contributed by atoms with van der Waals surface area (Å²) in [4.78, 5) is 0. The Balaban J connectivity index is 1.83. The molecule has 0 N–H and O–H groups in total. The molecule has 1 saturated heterocycles. The van der Waals surface area contributed by atoms with Crippen molar-refractivity contribution in [3.63, 3.8) is 0 Å². The molecule has 8 heteroatoms. The molecule has 118 valence electrons. The van der Waals surface area contributed by atoms with Crippen molar-refractivity contribution in [3.05, 3.63) is 11.6 Å². The van der Waals surface area contributed by atoms with Gasteiger partial charge in [-0.15, -0.1) is 10.2 Å². The number of hydrogen-bond donors (Lipinski definition) is 0. The van der Waals surface area contributed by atoms with Crippen LogP contribution in [-0.4, -0.2) is 53.4 Å². The molecule has 2 aliphatic rings. The highest BCUT2D eigenvalue weighted by Gasteiger charge is 2.31. The fraction of sp³-hybridized carbons (Fsp3) is 0.846. The van der Waals surface area contributed by atoms with Crippen LogP contribution in [-0.2, 0) is 27.7 Å². The van der Waals surface area contributed by atoms with Gasteiger partial charge >= 0.3 is 0 Å². The molecule has 0 aliphatic carbocycles. The van der Waals surface area contributed by atoms with Gasteiger partial charge in [0.05, 0.1) is 12.9 Å². The minimum absolute atomic E-state index is 0.311. The standard InChI is InChI=1S/C13H22N4O3S/c1-21(18,19)16-8-9-20-11(10-16)13-15-14-12-6-4-2-3-5-7-17(12)13/h11H,2-10H2,1H3. The number of sulfonamides is 1. The van der Waals surface area contributed by atoms with Crippen molar-refractivity contribution in [2.75, 3.05) is 26.0 Å². The molecular formula is C13H22N4O3S.